The van der Waals surface area contributed by atoms with E-state index in [0.29, 0.717) is 16.3 Å². The van der Waals surface area contributed by atoms with Crippen LogP contribution in [0.3, 0.4) is 0 Å². The number of anilines is 1. The van der Waals surface area contributed by atoms with Crippen LogP contribution in [0.2, 0.25) is 5.02 Å². The van der Waals surface area contributed by atoms with Gasteiger partial charge >= 0.3 is 0 Å². The van der Waals surface area contributed by atoms with E-state index in [-0.39, 0.29) is 18.4 Å². The Kier molecular flexibility index (Phi) is 5.57. The number of carbonyl (C=O) groups excluding carboxylic acids is 2. The van der Waals surface area contributed by atoms with Crippen molar-refractivity contribution in [1.82, 2.24) is 4.90 Å². The molecule has 0 bridgehead atoms. The highest BCUT2D eigenvalue weighted by atomic mass is 79.9. The Morgan fingerprint density at radius 2 is 1.77 bits per heavy atom. The zero-order valence-electron chi connectivity index (χ0n) is 11.8. The van der Waals surface area contributed by atoms with Gasteiger partial charge in [-0.1, -0.05) is 23.7 Å². The summed E-state index contributed by atoms with van der Waals surface area (Å²) in [7, 11) is 1.58. The lowest BCUT2D eigenvalue weighted by molar-refractivity contribution is -0.116. The summed E-state index contributed by atoms with van der Waals surface area (Å²) in [6.45, 7) is -0.0389. The first-order chi connectivity index (χ1) is 10.5. The van der Waals surface area contributed by atoms with Gasteiger partial charge in [-0.15, -0.1) is 0 Å². The molecule has 0 aliphatic rings. The molecule has 0 atom stereocenters. The van der Waals surface area contributed by atoms with Gasteiger partial charge in [-0.2, -0.15) is 0 Å². The Labute approximate surface area is 142 Å². The van der Waals surface area contributed by atoms with Crippen molar-refractivity contribution < 1.29 is 9.59 Å². The number of likely N-dealkylation sites (N-methyl/N-ethyl adjacent to an activating group) is 1. The van der Waals surface area contributed by atoms with E-state index in [1.807, 2.05) is 18.2 Å². The van der Waals surface area contributed by atoms with Crippen LogP contribution in [0.15, 0.2) is 53.0 Å². The highest BCUT2D eigenvalue weighted by molar-refractivity contribution is 9.10. The molecule has 2 amide bonds. The molecule has 0 saturated heterocycles. The molecule has 2 rings (SSSR count). The first kappa shape index (κ1) is 16.5. The smallest absolute Gasteiger partial charge is 0.254 e. The molecule has 22 heavy (non-hydrogen) atoms. The van der Waals surface area contributed by atoms with Crippen molar-refractivity contribution in [3.05, 3.63) is 63.6 Å². The molecule has 0 aromatic heterocycles. The Morgan fingerprint density at radius 3 is 2.41 bits per heavy atom. The number of hydrogen-bond acceptors (Lipinski definition) is 2. The number of amides is 2. The quantitative estimate of drug-likeness (QED) is 0.875. The van der Waals surface area contributed by atoms with Crippen molar-refractivity contribution in [2.45, 2.75) is 0 Å². The van der Waals surface area contributed by atoms with Gasteiger partial charge in [0.25, 0.3) is 5.91 Å². The maximum absolute atomic E-state index is 12.2. The van der Waals surface area contributed by atoms with E-state index in [1.54, 1.807) is 37.4 Å². The fraction of sp³-hybridized carbons (Fsp3) is 0.125. The highest BCUT2D eigenvalue weighted by Gasteiger charge is 2.15. The number of rotatable bonds is 4. The van der Waals surface area contributed by atoms with Crippen molar-refractivity contribution in [1.29, 1.82) is 0 Å². The number of carbonyl (C=O) groups is 2. The molecule has 114 valence electrons. The van der Waals surface area contributed by atoms with E-state index >= 15 is 0 Å². The molecule has 4 nitrogen and oxygen atoms in total. The summed E-state index contributed by atoms with van der Waals surface area (Å²) in [6.07, 6.45) is 0. The van der Waals surface area contributed by atoms with Crippen LogP contribution >= 0.6 is 27.5 Å². The number of nitrogens with one attached hydrogen (secondary N) is 1. The lowest BCUT2D eigenvalue weighted by Gasteiger charge is -2.17. The maximum Gasteiger partial charge on any atom is 0.254 e. The number of para-hydroxylation sites is 1. The summed E-state index contributed by atoms with van der Waals surface area (Å²) >= 11 is 9.15. The summed E-state index contributed by atoms with van der Waals surface area (Å²) in [5.41, 5.74) is 1.15. The van der Waals surface area contributed by atoms with Crippen LogP contribution in [-0.2, 0) is 4.79 Å². The SMILES string of the molecule is CN(CC(=O)Nc1ccccc1Br)C(=O)c1ccc(Cl)cc1. The number of benzene rings is 2. The topological polar surface area (TPSA) is 49.4 Å². The van der Waals surface area contributed by atoms with E-state index in [0.717, 1.165) is 4.47 Å². The second-order valence-corrected chi connectivity index (χ2v) is 5.99. The van der Waals surface area contributed by atoms with E-state index in [9.17, 15) is 9.59 Å². The summed E-state index contributed by atoms with van der Waals surface area (Å²) in [4.78, 5) is 25.6. The van der Waals surface area contributed by atoms with Gasteiger partial charge in [-0.25, -0.2) is 0 Å². The number of halogens is 2. The summed E-state index contributed by atoms with van der Waals surface area (Å²) in [6, 6.07) is 13.8. The fourth-order valence-electron chi connectivity index (χ4n) is 1.85. The Bertz CT molecular complexity index is 689. The minimum Gasteiger partial charge on any atom is -0.332 e. The average molecular weight is 382 g/mol. The van der Waals surface area contributed by atoms with E-state index < -0.39 is 0 Å². The lowest BCUT2D eigenvalue weighted by Crippen LogP contribution is -2.34. The predicted molar refractivity (Wildman–Crippen MR) is 91.2 cm³/mol. The van der Waals surface area contributed by atoms with Crippen LogP contribution < -0.4 is 5.32 Å². The zero-order chi connectivity index (χ0) is 16.1. The Balaban J connectivity index is 1.97. The average Bonchev–Trinajstić information content (AvgIpc) is 2.49. The third-order valence-corrected chi connectivity index (χ3v) is 3.91. The number of nitrogens with zero attached hydrogens (tertiary/aromatic N) is 1. The molecule has 0 spiro atoms. The van der Waals surface area contributed by atoms with Crippen molar-refractivity contribution in [3.8, 4) is 0 Å². The lowest BCUT2D eigenvalue weighted by atomic mass is 10.2. The third kappa shape index (κ3) is 4.32. The van der Waals surface area contributed by atoms with Crippen molar-refractivity contribution in [2.24, 2.45) is 0 Å². The van der Waals surface area contributed by atoms with E-state index in [2.05, 4.69) is 21.2 Å². The van der Waals surface area contributed by atoms with Gasteiger partial charge < -0.3 is 10.2 Å². The second kappa shape index (κ2) is 7.42. The normalized spacial score (nSPS) is 10.1. The maximum atomic E-state index is 12.2. The molecule has 2 aromatic carbocycles. The van der Waals surface area contributed by atoms with E-state index in [4.69, 9.17) is 11.6 Å². The van der Waals surface area contributed by atoms with Gasteiger partial charge in [0.05, 0.1) is 12.2 Å². The molecule has 1 N–H and O–H groups in total. The molecule has 0 aliphatic carbocycles. The standard InChI is InChI=1S/C16H14BrClN2O2/c1-20(16(22)11-6-8-12(18)9-7-11)10-15(21)19-14-5-3-2-4-13(14)17/h2-9H,10H2,1H3,(H,19,21). The van der Waals surface area contributed by atoms with Crippen LogP contribution in [0.4, 0.5) is 5.69 Å². The Hall–Kier alpha value is -1.85. The Morgan fingerprint density at radius 1 is 1.14 bits per heavy atom. The van der Waals surface area contributed by atoms with Crippen LogP contribution in [0.25, 0.3) is 0 Å². The van der Waals surface area contributed by atoms with Gasteiger partial charge in [0.15, 0.2) is 0 Å². The van der Waals surface area contributed by atoms with Crippen molar-refractivity contribution in [2.75, 3.05) is 18.9 Å². The van der Waals surface area contributed by atoms with Crippen LogP contribution in [-0.4, -0.2) is 30.3 Å². The molecule has 6 heteroatoms. The minimum absolute atomic E-state index is 0.0389. The highest BCUT2D eigenvalue weighted by Crippen LogP contribution is 2.21. The van der Waals surface area contributed by atoms with Crippen LogP contribution in [0.1, 0.15) is 10.4 Å². The van der Waals surface area contributed by atoms with E-state index in [1.165, 1.54) is 4.90 Å². The summed E-state index contributed by atoms with van der Waals surface area (Å²) in [5, 5.41) is 3.32. The van der Waals surface area contributed by atoms with Gasteiger partial charge in [-0.3, -0.25) is 9.59 Å². The summed E-state index contributed by atoms with van der Waals surface area (Å²) in [5.74, 6) is -0.504. The zero-order valence-corrected chi connectivity index (χ0v) is 14.2. The van der Waals surface area contributed by atoms with Gasteiger partial charge in [0, 0.05) is 22.1 Å². The van der Waals surface area contributed by atoms with Crippen LogP contribution in [0, 0.1) is 0 Å². The molecule has 0 fully saturated rings. The predicted octanol–water partition coefficient (Wildman–Crippen LogP) is 3.81. The number of hydrogen-bond donors (Lipinski definition) is 1. The minimum atomic E-state index is -0.267. The first-order valence-electron chi connectivity index (χ1n) is 6.53. The van der Waals surface area contributed by atoms with Crippen molar-refractivity contribution in [3.63, 3.8) is 0 Å². The first-order valence-corrected chi connectivity index (χ1v) is 7.70. The molecular weight excluding hydrogens is 368 g/mol. The van der Waals surface area contributed by atoms with Gasteiger partial charge in [0.2, 0.25) is 5.91 Å². The molecule has 0 heterocycles. The monoisotopic (exact) mass is 380 g/mol. The van der Waals surface area contributed by atoms with Gasteiger partial charge in [0.1, 0.15) is 0 Å². The van der Waals surface area contributed by atoms with Crippen LogP contribution in [0.5, 0.6) is 0 Å². The second-order valence-electron chi connectivity index (χ2n) is 4.70. The molecular formula is C16H14BrClN2O2. The summed E-state index contributed by atoms with van der Waals surface area (Å²) < 4.78 is 0.787. The third-order valence-electron chi connectivity index (χ3n) is 2.97. The molecule has 0 radical (unpaired) electrons. The largest absolute Gasteiger partial charge is 0.332 e. The fourth-order valence-corrected chi connectivity index (χ4v) is 2.36. The molecule has 0 saturated carbocycles. The molecule has 2 aromatic rings. The molecule has 0 unspecified atom stereocenters. The van der Waals surface area contributed by atoms with Crippen molar-refractivity contribution >= 4 is 45.0 Å². The molecule has 0 aliphatic heterocycles. The van der Waals surface area contributed by atoms with Gasteiger partial charge in [-0.05, 0) is 52.3 Å².